The molecule has 0 radical (unpaired) electrons. The van der Waals surface area contributed by atoms with Gasteiger partial charge in [0.25, 0.3) is 0 Å². The van der Waals surface area contributed by atoms with Gasteiger partial charge >= 0.3 is 0 Å². The third kappa shape index (κ3) is 4.25. The second-order valence-corrected chi connectivity index (χ2v) is 5.71. The lowest BCUT2D eigenvalue weighted by Crippen LogP contribution is -2.45. The van der Waals surface area contributed by atoms with Gasteiger partial charge in [0.2, 0.25) is 5.91 Å². The molecule has 0 aromatic rings. The zero-order chi connectivity index (χ0) is 12.8. The third-order valence-corrected chi connectivity index (χ3v) is 4.21. The Morgan fingerprint density at radius 3 is 2.67 bits per heavy atom. The minimum absolute atomic E-state index is 0.00874. The zero-order valence-electron chi connectivity index (χ0n) is 11.2. The fourth-order valence-corrected chi connectivity index (χ4v) is 3.03. The highest BCUT2D eigenvalue weighted by Gasteiger charge is 2.24. The summed E-state index contributed by atoms with van der Waals surface area (Å²) in [6, 6.07) is 0.506. The van der Waals surface area contributed by atoms with Crippen LogP contribution in [-0.4, -0.2) is 35.7 Å². The molecule has 0 aromatic carbocycles. The van der Waals surface area contributed by atoms with Crippen LogP contribution in [0.1, 0.15) is 57.8 Å². The van der Waals surface area contributed by atoms with E-state index in [0.29, 0.717) is 12.5 Å². The smallest absolute Gasteiger partial charge is 0.220 e. The van der Waals surface area contributed by atoms with E-state index in [1.165, 1.54) is 19.3 Å². The average Bonchev–Trinajstić information content (AvgIpc) is 2.40. The second-order valence-electron chi connectivity index (χ2n) is 5.71. The van der Waals surface area contributed by atoms with Crippen LogP contribution < -0.4 is 10.6 Å². The van der Waals surface area contributed by atoms with Crippen molar-refractivity contribution in [3.05, 3.63) is 0 Å². The van der Waals surface area contributed by atoms with E-state index in [1.54, 1.807) is 0 Å². The van der Waals surface area contributed by atoms with Gasteiger partial charge in [0, 0.05) is 12.5 Å². The minimum Gasteiger partial charge on any atom is -0.391 e. The summed E-state index contributed by atoms with van der Waals surface area (Å²) in [5.41, 5.74) is 0. The van der Waals surface area contributed by atoms with E-state index < -0.39 is 0 Å². The van der Waals surface area contributed by atoms with Gasteiger partial charge in [-0.05, 0) is 38.6 Å². The first kappa shape index (κ1) is 13.8. The van der Waals surface area contributed by atoms with Crippen LogP contribution in [0.3, 0.4) is 0 Å². The minimum atomic E-state index is -0.337. The van der Waals surface area contributed by atoms with Crippen LogP contribution in [0.2, 0.25) is 0 Å². The van der Waals surface area contributed by atoms with E-state index in [2.05, 4.69) is 10.6 Å². The Labute approximate surface area is 110 Å². The highest BCUT2D eigenvalue weighted by atomic mass is 16.3. The monoisotopic (exact) mass is 254 g/mol. The van der Waals surface area contributed by atoms with Crippen molar-refractivity contribution in [3.63, 3.8) is 0 Å². The summed E-state index contributed by atoms with van der Waals surface area (Å²) in [6.45, 7) is 1.09. The summed E-state index contributed by atoms with van der Waals surface area (Å²) in [5.74, 6) is 0.105. The van der Waals surface area contributed by atoms with E-state index in [1.807, 2.05) is 0 Å². The zero-order valence-corrected chi connectivity index (χ0v) is 11.2. The van der Waals surface area contributed by atoms with Crippen LogP contribution >= 0.6 is 0 Å². The molecule has 0 spiro atoms. The van der Waals surface area contributed by atoms with Crippen LogP contribution in [0.4, 0.5) is 0 Å². The van der Waals surface area contributed by atoms with Gasteiger partial charge in [-0.1, -0.05) is 19.3 Å². The number of piperidine rings is 1. The second kappa shape index (κ2) is 7.10. The van der Waals surface area contributed by atoms with Gasteiger partial charge in [-0.15, -0.1) is 0 Å². The van der Waals surface area contributed by atoms with E-state index in [9.17, 15) is 9.90 Å². The molecule has 104 valence electrons. The molecule has 3 unspecified atom stereocenters. The van der Waals surface area contributed by atoms with Crippen LogP contribution in [0.25, 0.3) is 0 Å². The first-order valence-electron chi connectivity index (χ1n) is 7.46. The van der Waals surface area contributed by atoms with Crippen molar-refractivity contribution in [2.45, 2.75) is 76.0 Å². The standard InChI is InChI=1S/C14H26N2O2/c17-13-7-2-1-6-12(13)16-14(18)9-8-11-5-3-4-10-15-11/h11-13,15,17H,1-10H2,(H,16,18). The summed E-state index contributed by atoms with van der Waals surface area (Å²) >= 11 is 0. The molecule has 18 heavy (non-hydrogen) atoms. The third-order valence-electron chi connectivity index (χ3n) is 4.21. The number of hydrogen-bond donors (Lipinski definition) is 3. The van der Waals surface area contributed by atoms with Crippen molar-refractivity contribution in [3.8, 4) is 0 Å². The molecule has 3 N–H and O–H groups in total. The van der Waals surface area contributed by atoms with Crippen molar-refractivity contribution in [2.24, 2.45) is 0 Å². The first-order valence-corrected chi connectivity index (χ1v) is 7.46. The van der Waals surface area contributed by atoms with E-state index in [-0.39, 0.29) is 18.1 Å². The number of nitrogens with one attached hydrogen (secondary N) is 2. The Balaban J connectivity index is 1.64. The van der Waals surface area contributed by atoms with Crippen molar-refractivity contribution in [2.75, 3.05) is 6.54 Å². The van der Waals surface area contributed by atoms with Gasteiger partial charge in [-0.25, -0.2) is 0 Å². The van der Waals surface area contributed by atoms with Gasteiger partial charge in [0.05, 0.1) is 12.1 Å². The lowest BCUT2D eigenvalue weighted by Gasteiger charge is -2.29. The lowest BCUT2D eigenvalue weighted by atomic mass is 9.92. The quantitative estimate of drug-likeness (QED) is 0.709. The van der Waals surface area contributed by atoms with Gasteiger partial charge in [0.15, 0.2) is 0 Å². The fraction of sp³-hybridized carbons (Fsp3) is 0.929. The van der Waals surface area contributed by atoms with Gasteiger partial charge in [-0.3, -0.25) is 4.79 Å². The molecule has 1 amide bonds. The van der Waals surface area contributed by atoms with Gasteiger partial charge in [0.1, 0.15) is 0 Å². The number of aliphatic hydroxyl groups excluding tert-OH is 1. The summed E-state index contributed by atoms with van der Waals surface area (Å²) in [7, 11) is 0. The van der Waals surface area contributed by atoms with E-state index in [4.69, 9.17) is 0 Å². The molecule has 1 heterocycles. The number of aliphatic hydroxyl groups is 1. The SMILES string of the molecule is O=C(CCC1CCCCN1)NC1CCCCC1O. The Morgan fingerprint density at radius 1 is 1.17 bits per heavy atom. The highest BCUT2D eigenvalue weighted by Crippen LogP contribution is 2.18. The predicted molar refractivity (Wildman–Crippen MR) is 71.3 cm³/mol. The van der Waals surface area contributed by atoms with Gasteiger partial charge < -0.3 is 15.7 Å². The molecule has 1 saturated carbocycles. The molecular weight excluding hydrogens is 228 g/mol. The van der Waals surface area contributed by atoms with Crippen LogP contribution in [-0.2, 0) is 4.79 Å². The summed E-state index contributed by atoms with van der Waals surface area (Å²) in [5, 5.41) is 16.3. The Bertz CT molecular complexity index is 265. The van der Waals surface area contributed by atoms with Crippen molar-refractivity contribution >= 4 is 5.91 Å². The molecule has 2 fully saturated rings. The normalized spacial score (nSPS) is 33.1. The molecule has 4 nitrogen and oxygen atoms in total. The molecule has 1 saturated heterocycles. The largest absolute Gasteiger partial charge is 0.391 e. The van der Waals surface area contributed by atoms with E-state index in [0.717, 1.165) is 38.6 Å². The molecular formula is C14H26N2O2. The average molecular weight is 254 g/mol. The maximum atomic E-state index is 11.8. The maximum absolute atomic E-state index is 11.8. The molecule has 3 atom stereocenters. The molecule has 0 bridgehead atoms. The topological polar surface area (TPSA) is 61.4 Å². The lowest BCUT2D eigenvalue weighted by molar-refractivity contribution is -0.123. The fourth-order valence-electron chi connectivity index (χ4n) is 3.03. The Hall–Kier alpha value is -0.610. The first-order chi connectivity index (χ1) is 8.75. The molecule has 0 aromatic heterocycles. The Kier molecular flexibility index (Phi) is 5.45. The predicted octanol–water partition coefficient (Wildman–Crippen LogP) is 1.33. The highest BCUT2D eigenvalue weighted by molar-refractivity contribution is 5.76. The summed E-state index contributed by atoms with van der Waals surface area (Å²) < 4.78 is 0. The van der Waals surface area contributed by atoms with Crippen LogP contribution in [0, 0.1) is 0 Å². The van der Waals surface area contributed by atoms with Crippen molar-refractivity contribution in [1.29, 1.82) is 0 Å². The molecule has 1 aliphatic carbocycles. The summed E-state index contributed by atoms with van der Waals surface area (Å²) in [6.07, 6.45) is 8.86. The number of rotatable bonds is 4. The van der Waals surface area contributed by atoms with Crippen LogP contribution in [0.15, 0.2) is 0 Å². The van der Waals surface area contributed by atoms with Crippen molar-refractivity contribution in [1.82, 2.24) is 10.6 Å². The molecule has 4 heteroatoms. The molecule has 2 aliphatic rings. The number of carbonyl (C=O) groups is 1. The van der Waals surface area contributed by atoms with Crippen molar-refractivity contribution < 1.29 is 9.90 Å². The number of amides is 1. The maximum Gasteiger partial charge on any atom is 0.220 e. The van der Waals surface area contributed by atoms with E-state index >= 15 is 0 Å². The van der Waals surface area contributed by atoms with Gasteiger partial charge in [-0.2, -0.15) is 0 Å². The molecule has 1 aliphatic heterocycles. The Morgan fingerprint density at radius 2 is 1.94 bits per heavy atom. The summed E-state index contributed by atoms with van der Waals surface area (Å²) in [4.78, 5) is 11.8. The van der Waals surface area contributed by atoms with Crippen LogP contribution in [0.5, 0.6) is 0 Å². The molecule has 2 rings (SSSR count). The number of carbonyl (C=O) groups excluding carboxylic acids is 1. The number of hydrogen-bond acceptors (Lipinski definition) is 3.